The van der Waals surface area contributed by atoms with E-state index in [1.807, 2.05) is 25.1 Å². The van der Waals surface area contributed by atoms with E-state index in [0.717, 1.165) is 5.69 Å². The Bertz CT molecular complexity index is 1720. The molecule has 1 aromatic carbocycles. The predicted molar refractivity (Wildman–Crippen MR) is 184 cm³/mol. The van der Waals surface area contributed by atoms with E-state index in [2.05, 4.69) is 22.1 Å². The highest BCUT2D eigenvalue weighted by atomic mass is 16.6. The normalized spacial score (nSPS) is 42.5. The number of rotatable bonds is 9. The van der Waals surface area contributed by atoms with E-state index in [1.165, 1.54) is 6.08 Å². The lowest BCUT2D eigenvalue weighted by Crippen LogP contribution is -2.83. The Morgan fingerprint density at radius 1 is 1.04 bits per heavy atom. The van der Waals surface area contributed by atoms with E-state index in [1.54, 1.807) is 51.7 Å². The van der Waals surface area contributed by atoms with E-state index in [-0.39, 0.29) is 53.4 Å². The van der Waals surface area contributed by atoms with E-state index < -0.39 is 34.3 Å². The Balaban J connectivity index is 1.16. The topological polar surface area (TPSA) is 140 Å². The van der Waals surface area contributed by atoms with Gasteiger partial charge < -0.3 is 34.5 Å². The molecule has 1 spiro atoms. The number of ether oxygens (including phenoxy) is 4. The van der Waals surface area contributed by atoms with E-state index in [9.17, 15) is 19.8 Å². The highest BCUT2D eigenvalue weighted by Crippen LogP contribution is 2.79. The third kappa shape index (κ3) is 4.34. The maximum atomic E-state index is 14.4. The number of nitrogens with one attached hydrogen (secondary N) is 1. The molecule has 11 heteroatoms. The van der Waals surface area contributed by atoms with Crippen LogP contribution in [0.5, 0.6) is 0 Å². The molecular weight excluding hydrogens is 638 g/mol. The van der Waals surface area contributed by atoms with Crippen LogP contribution < -0.4 is 5.32 Å². The van der Waals surface area contributed by atoms with Gasteiger partial charge in [-0.2, -0.15) is 0 Å². The first kappa shape index (κ1) is 33.9. The molecule has 2 unspecified atom stereocenters. The molecule has 8 rings (SSSR count). The van der Waals surface area contributed by atoms with Gasteiger partial charge in [0.05, 0.1) is 35.3 Å². The first-order valence-electron chi connectivity index (χ1n) is 18.0. The van der Waals surface area contributed by atoms with Crippen molar-refractivity contribution in [1.82, 2.24) is 9.88 Å². The molecule has 6 fully saturated rings. The van der Waals surface area contributed by atoms with Crippen molar-refractivity contribution in [3.63, 3.8) is 0 Å². The molecule has 0 radical (unpaired) electrons. The van der Waals surface area contributed by atoms with Crippen LogP contribution >= 0.6 is 0 Å². The second-order valence-corrected chi connectivity index (χ2v) is 15.5. The van der Waals surface area contributed by atoms with Crippen molar-refractivity contribution < 1.29 is 38.7 Å². The van der Waals surface area contributed by atoms with Crippen molar-refractivity contribution in [2.75, 3.05) is 39.7 Å². The second-order valence-electron chi connectivity index (χ2n) is 15.5. The number of para-hydroxylation sites is 1. The third-order valence-electron chi connectivity index (χ3n) is 13.9. The molecule has 50 heavy (non-hydrogen) atoms. The van der Waals surface area contributed by atoms with Crippen LogP contribution in [0.4, 0.5) is 5.69 Å². The van der Waals surface area contributed by atoms with E-state index in [4.69, 9.17) is 18.9 Å². The Kier molecular flexibility index (Phi) is 8.09. The molecule has 1 amide bonds. The summed E-state index contributed by atoms with van der Waals surface area (Å²) < 4.78 is 25.3. The van der Waals surface area contributed by atoms with Crippen molar-refractivity contribution in [3.8, 4) is 0 Å². The highest BCUT2D eigenvalue weighted by Gasteiger charge is 2.89. The SMILES string of the molecule is CCN1C[C@]2(OC(=O)c3ccccc3NC(=O)/C=C/c3cccc(C)n3)CC[C@H](OC)[C@]34C1[C@@H](C[C@H]23)[C@@]1(O)C[C@H](OC)[C@H]2C[C@@H]4[C@]1(O)C2OC. The zero-order valence-corrected chi connectivity index (χ0v) is 29.5. The standard InChI is InChI=1S/C39H49N3O8/c1-6-42-21-36(50-35(44)24-12-7-8-13-27(24)41-32(43)15-14-23-11-9-10-22(2)40-23)17-16-31(48-4)38-29(36)19-26(33(38)42)37(45)20-28(47-3)25-18-30(38)39(37,46)34(25)49-5/h7-15,25-26,28-31,33-34,45-46H,6,16-21H2,1-5H3,(H,41,43)/b15-14+/t25-,26-,28+,29-,30+,31+,33?,34?,36-,37+,38+,39+/m1/s1. The monoisotopic (exact) mass is 687 g/mol. The van der Waals surface area contributed by atoms with Crippen molar-refractivity contribution in [1.29, 1.82) is 0 Å². The second kappa shape index (κ2) is 11.9. The average Bonchev–Trinajstić information content (AvgIpc) is 3.53. The summed E-state index contributed by atoms with van der Waals surface area (Å²) in [5.41, 5.74) is -2.31. The van der Waals surface area contributed by atoms with Crippen molar-refractivity contribution in [3.05, 3.63) is 65.5 Å². The Hall–Kier alpha value is -3.19. The summed E-state index contributed by atoms with van der Waals surface area (Å²) in [6.45, 7) is 5.21. The van der Waals surface area contributed by atoms with Gasteiger partial charge in [0.25, 0.3) is 0 Å². The number of hydrogen-bond acceptors (Lipinski definition) is 10. The summed E-state index contributed by atoms with van der Waals surface area (Å²) in [5, 5.41) is 28.8. The van der Waals surface area contributed by atoms with Gasteiger partial charge in [-0.1, -0.05) is 25.1 Å². The molecular formula is C39H49N3O8. The van der Waals surface area contributed by atoms with Crippen molar-refractivity contribution in [2.24, 2.45) is 29.1 Å². The summed E-state index contributed by atoms with van der Waals surface area (Å²) >= 11 is 0. The molecule has 7 bridgehead atoms. The van der Waals surface area contributed by atoms with Crippen LogP contribution in [0.2, 0.25) is 0 Å². The van der Waals surface area contributed by atoms with Crippen LogP contribution in [0.25, 0.3) is 6.08 Å². The molecule has 12 atom stereocenters. The van der Waals surface area contributed by atoms with Crippen molar-refractivity contribution >= 4 is 23.6 Å². The number of carbonyl (C=O) groups is 2. The molecule has 5 aliphatic carbocycles. The zero-order chi connectivity index (χ0) is 35.2. The lowest BCUT2D eigenvalue weighted by atomic mass is 9.44. The number of benzene rings is 1. The van der Waals surface area contributed by atoms with Crippen LogP contribution in [-0.2, 0) is 23.7 Å². The van der Waals surface area contributed by atoms with Gasteiger partial charge in [-0.25, -0.2) is 4.79 Å². The van der Waals surface area contributed by atoms with Crippen LogP contribution in [0.1, 0.15) is 60.8 Å². The lowest BCUT2D eigenvalue weighted by molar-refractivity contribution is -0.337. The van der Waals surface area contributed by atoms with Crippen molar-refractivity contribution in [2.45, 2.75) is 87.1 Å². The number of nitrogens with zero attached hydrogens (tertiary/aromatic N) is 2. The summed E-state index contributed by atoms with van der Waals surface area (Å²) in [5.74, 6) is -1.82. The quantitative estimate of drug-likeness (QED) is 0.265. The molecule has 11 nitrogen and oxygen atoms in total. The number of piperidine rings is 1. The number of fused-ring (bicyclic) bond motifs is 2. The fraction of sp³-hybridized carbons (Fsp3) is 0.615. The smallest absolute Gasteiger partial charge is 0.340 e. The fourth-order valence-electron chi connectivity index (χ4n) is 12.4. The molecule has 6 aliphatic rings. The number of amides is 1. The van der Waals surface area contributed by atoms with Gasteiger partial charge in [-0.3, -0.25) is 14.7 Å². The predicted octanol–water partition coefficient (Wildman–Crippen LogP) is 3.62. The lowest BCUT2D eigenvalue weighted by Gasteiger charge is -2.70. The maximum Gasteiger partial charge on any atom is 0.340 e. The fourth-order valence-corrected chi connectivity index (χ4v) is 12.4. The number of likely N-dealkylation sites (tertiary alicyclic amines) is 1. The Morgan fingerprint density at radius 2 is 1.84 bits per heavy atom. The number of anilines is 1. The molecule has 2 heterocycles. The van der Waals surface area contributed by atoms with Gasteiger partial charge >= 0.3 is 5.97 Å². The summed E-state index contributed by atoms with van der Waals surface area (Å²) in [6.07, 6.45) is 4.76. The number of esters is 1. The zero-order valence-electron chi connectivity index (χ0n) is 29.5. The van der Waals surface area contributed by atoms with E-state index in [0.29, 0.717) is 56.6 Å². The average molecular weight is 688 g/mol. The molecule has 268 valence electrons. The van der Waals surface area contributed by atoms with E-state index >= 15 is 0 Å². The third-order valence-corrected chi connectivity index (χ3v) is 13.9. The summed E-state index contributed by atoms with van der Waals surface area (Å²) in [7, 11) is 5.05. The largest absolute Gasteiger partial charge is 0.454 e. The molecule has 3 N–H and O–H groups in total. The molecule has 2 aromatic rings. The van der Waals surface area contributed by atoms with Gasteiger partial charge in [-0.15, -0.1) is 0 Å². The number of methoxy groups -OCH3 is 3. The Labute approximate surface area is 293 Å². The highest BCUT2D eigenvalue weighted by molar-refractivity contribution is 6.06. The first-order chi connectivity index (χ1) is 24.0. The molecule has 1 aliphatic heterocycles. The molecule has 1 aromatic heterocycles. The number of aliphatic hydroxyl groups is 2. The number of aromatic nitrogens is 1. The van der Waals surface area contributed by atoms with Gasteiger partial charge in [0, 0.05) is 81.2 Å². The number of hydrogen-bond donors (Lipinski definition) is 3. The van der Waals surface area contributed by atoms with Crippen LogP contribution in [0, 0.1) is 36.0 Å². The number of pyridine rings is 1. The van der Waals surface area contributed by atoms with Crippen LogP contribution in [-0.4, -0.2) is 108 Å². The minimum atomic E-state index is -1.50. The Morgan fingerprint density at radius 3 is 2.56 bits per heavy atom. The van der Waals surface area contributed by atoms with Crippen LogP contribution in [0.3, 0.4) is 0 Å². The minimum Gasteiger partial charge on any atom is -0.454 e. The number of aryl methyl sites for hydroxylation is 1. The number of likely N-dealkylation sites (N-methyl/N-ethyl adjacent to an activating group) is 1. The first-order valence-corrected chi connectivity index (χ1v) is 18.0. The van der Waals surface area contributed by atoms with Gasteiger partial charge in [0.2, 0.25) is 5.91 Å². The minimum absolute atomic E-state index is 0.0713. The molecule has 5 saturated carbocycles. The molecule has 1 saturated heterocycles. The summed E-state index contributed by atoms with van der Waals surface area (Å²) in [4.78, 5) is 34.3. The summed E-state index contributed by atoms with van der Waals surface area (Å²) in [6, 6.07) is 12.4. The van der Waals surface area contributed by atoms with Gasteiger partial charge in [0.1, 0.15) is 16.8 Å². The maximum absolute atomic E-state index is 14.4. The van der Waals surface area contributed by atoms with Crippen LogP contribution in [0.15, 0.2) is 48.5 Å². The van der Waals surface area contributed by atoms with Gasteiger partial charge in [-0.05, 0) is 69.5 Å². The van der Waals surface area contributed by atoms with Gasteiger partial charge in [0.15, 0.2) is 0 Å². The number of carbonyl (C=O) groups excluding carboxylic acids is 2.